The van der Waals surface area contributed by atoms with Gasteiger partial charge in [0, 0.05) is 19.2 Å². The molecule has 0 aliphatic rings. The van der Waals surface area contributed by atoms with Crippen LogP contribution >= 0.6 is 0 Å². The highest BCUT2D eigenvalue weighted by Crippen LogP contribution is 2.21. The van der Waals surface area contributed by atoms with E-state index in [0.29, 0.717) is 19.0 Å². The number of nitrogens with one attached hydrogen (secondary N) is 1. The summed E-state index contributed by atoms with van der Waals surface area (Å²) in [6, 6.07) is 1.59. The van der Waals surface area contributed by atoms with Crippen molar-refractivity contribution in [3.63, 3.8) is 0 Å². The van der Waals surface area contributed by atoms with Gasteiger partial charge in [-0.05, 0) is 24.3 Å². The van der Waals surface area contributed by atoms with Crippen molar-refractivity contribution in [3.8, 4) is 0 Å². The third kappa shape index (κ3) is 4.45. The number of halogens is 2. The third-order valence-electron chi connectivity index (χ3n) is 3.07. The Bertz CT molecular complexity index is 490. The first kappa shape index (κ1) is 16.4. The fourth-order valence-electron chi connectivity index (χ4n) is 1.80. The van der Waals surface area contributed by atoms with Crippen LogP contribution in [0.25, 0.3) is 0 Å². The van der Waals surface area contributed by atoms with Gasteiger partial charge in [-0.1, -0.05) is 13.8 Å². The summed E-state index contributed by atoms with van der Waals surface area (Å²) in [5.74, 6) is -2.46. The minimum Gasteiger partial charge on any atom is -0.396 e. The number of benzene rings is 1. The van der Waals surface area contributed by atoms with Gasteiger partial charge >= 0.3 is 0 Å². The number of carbonyl (C=O) groups excluding carboxylic acids is 1. The maximum absolute atomic E-state index is 13.5. The van der Waals surface area contributed by atoms with E-state index in [2.05, 4.69) is 5.32 Å². The van der Waals surface area contributed by atoms with Crippen molar-refractivity contribution in [2.24, 2.45) is 5.41 Å². The van der Waals surface area contributed by atoms with Gasteiger partial charge in [-0.15, -0.1) is 0 Å². The van der Waals surface area contributed by atoms with Crippen LogP contribution in [0.4, 0.5) is 14.5 Å². The highest BCUT2D eigenvalue weighted by molar-refractivity contribution is 5.95. The Labute approximate surface area is 117 Å². The van der Waals surface area contributed by atoms with E-state index in [-0.39, 0.29) is 23.3 Å². The average molecular weight is 286 g/mol. The van der Waals surface area contributed by atoms with Crippen molar-refractivity contribution in [2.75, 3.05) is 18.9 Å². The number of anilines is 1. The van der Waals surface area contributed by atoms with Crippen molar-refractivity contribution in [1.82, 2.24) is 5.32 Å². The lowest BCUT2D eigenvalue weighted by molar-refractivity contribution is 0.0929. The van der Waals surface area contributed by atoms with Crippen LogP contribution in [0.1, 0.15) is 37.0 Å². The first-order valence-corrected chi connectivity index (χ1v) is 6.40. The van der Waals surface area contributed by atoms with Crippen LogP contribution in [0, 0.1) is 17.0 Å². The van der Waals surface area contributed by atoms with Crippen LogP contribution in [0.5, 0.6) is 0 Å². The molecule has 0 aromatic heterocycles. The zero-order chi connectivity index (χ0) is 15.3. The lowest BCUT2D eigenvalue weighted by atomic mass is 9.88. The van der Waals surface area contributed by atoms with Gasteiger partial charge in [-0.3, -0.25) is 4.79 Å². The molecule has 112 valence electrons. The molecule has 0 unspecified atom stereocenters. The van der Waals surface area contributed by atoms with Crippen molar-refractivity contribution in [3.05, 3.63) is 29.3 Å². The molecule has 0 saturated heterocycles. The second-order valence-corrected chi connectivity index (χ2v) is 5.53. The number of hydrogen-bond acceptors (Lipinski definition) is 3. The van der Waals surface area contributed by atoms with Gasteiger partial charge in [0.1, 0.15) is 11.6 Å². The molecule has 6 heteroatoms. The Morgan fingerprint density at radius 1 is 1.35 bits per heavy atom. The highest BCUT2D eigenvalue weighted by Gasteiger charge is 2.20. The lowest BCUT2D eigenvalue weighted by Gasteiger charge is -2.24. The molecular formula is C14H20F2N2O2. The Kier molecular flexibility index (Phi) is 5.44. The van der Waals surface area contributed by atoms with Crippen LogP contribution in [0.15, 0.2) is 12.1 Å². The summed E-state index contributed by atoms with van der Waals surface area (Å²) in [4.78, 5) is 11.9. The minimum absolute atomic E-state index is 0.0838. The molecule has 0 radical (unpaired) electrons. The summed E-state index contributed by atoms with van der Waals surface area (Å²) in [5, 5.41) is 11.4. The molecule has 0 spiro atoms. The molecule has 4 N–H and O–H groups in total. The summed E-state index contributed by atoms with van der Waals surface area (Å²) in [7, 11) is 0. The molecule has 1 rings (SSSR count). The van der Waals surface area contributed by atoms with Crippen LogP contribution in [-0.4, -0.2) is 24.2 Å². The number of hydrogen-bond donors (Lipinski definition) is 3. The number of nitrogens with two attached hydrogens (primary N) is 1. The minimum atomic E-state index is -0.942. The van der Waals surface area contributed by atoms with Crippen molar-refractivity contribution in [2.45, 2.75) is 26.7 Å². The summed E-state index contributed by atoms with van der Waals surface area (Å²) in [5.41, 5.74) is 4.56. The molecule has 0 aliphatic carbocycles. The molecule has 0 heterocycles. The molecule has 1 aromatic rings. The number of nitrogen functional groups attached to an aromatic ring is 1. The Morgan fingerprint density at radius 3 is 2.60 bits per heavy atom. The number of carbonyl (C=O) groups is 1. The average Bonchev–Trinajstić information content (AvgIpc) is 2.38. The molecule has 1 aromatic carbocycles. The van der Waals surface area contributed by atoms with E-state index >= 15 is 0 Å². The predicted octanol–water partition coefficient (Wildman–Crippen LogP) is 2.08. The largest absolute Gasteiger partial charge is 0.396 e. The standard InChI is InChI=1S/C14H20F2N2O2/c1-14(2,4-3-5-19)8-18-13(20)9-6-12(17)11(16)7-10(9)15/h6-7,19H,3-5,8,17H2,1-2H3,(H,18,20). The second-order valence-electron chi connectivity index (χ2n) is 5.53. The number of amides is 1. The topological polar surface area (TPSA) is 75.3 Å². The maximum Gasteiger partial charge on any atom is 0.254 e. The zero-order valence-electron chi connectivity index (χ0n) is 11.7. The zero-order valence-corrected chi connectivity index (χ0v) is 11.7. The van der Waals surface area contributed by atoms with Gasteiger partial charge in [0.05, 0.1) is 11.3 Å². The summed E-state index contributed by atoms with van der Waals surface area (Å²) < 4.78 is 26.5. The monoisotopic (exact) mass is 286 g/mol. The van der Waals surface area contributed by atoms with Crippen molar-refractivity contribution in [1.29, 1.82) is 0 Å². The normalized spacial score (nSPS) is 11.4. The molecule has 1 amide bonds. The molecule has 0 fully saturated rings. The van der Waals surface area contributed by atoms with Crippen molar-refractivity contribution >= 4 is 11.6 Å². The van der Waals surface area contributed by atoms with E-state index in [1.807, 2.05) is 13.8 Å². The van der Waals surface area contributed by atoms with Gasteiger partial charge < -0.3 is 16.2 Å². The highest BCUT2D eigenvalue weighted by atomic mass is 19.1. The molecule has 0 aliphatic heterocycles. The molecule has 20 heavy (non-hydrogen) atoms. The van der Waals surface area contributed by atoms with E-state index in [1.165, 1.54) is 0 Å². The van der Waals surface area contributed by atoms with Gasteiger partial charge in [-0.25, -0.2) is 8.78 Å². The van der Waals surface area contributed by atoms with Gasteiger partial charge in [0.15, 0.2) is 0 Å². The number of aliphatic hydroxyl groups is 1. The smallest absolute Gasteiger partial charge is 0.254 e. The van der Waals surface area contributed by atoms with Crippen molar-refractivity contribution < 1.29 is 18.7 Å². The van der Waals surface area contributed by atoms with E-state index in [9.17, 15) is 13.6 Å². The van der Waals surface area contributed by atoms with Crippen LogP contribution in [0.2, 0.25) is 0 Å². The van der Waals surface area contributed by atoms with E-state index in [1.54, 1.807) is 0 Å². The molecule has 0 saturated carbocycles. The first-order chi connectivity index (χ1) is 9.26. The summed E-state index contributed by atoms with van der Waals surface area (Å²) in [6.45, 7) is 4.26. The van der Waals surface area contributed by atoms with Gasteiger partial charge in [0.25, 0.3) is 5.91 Å². The maximum atomic E-state index is 13.5. The fourth-order valence-corrected chi connectivity index (χ4v) is 1.80. The quantitative estimate of drug-likeness (QED) is 0.701. The molecule has 4 nitrogen and oxygen atoms in total. The van der Waals surface area contributed by atoms with E-state index in [4.69, 9.17) is 10.8 Å². The molecular weight excluding hydrogens is 266 g/mol. The molecule has 0 atom stereocenters. The Balaban J connectivity index is 2.70. The van der Waals surface area contributed by atoms with Crippen LogP contribution < -0.4 is 11.1 Å². The lowest BCUT2D eigenvalue weighted by Crippen LogP contribution is -2.34. The first-order valence-electron chi connectivity index (χ1n) is 6.40. The van der Waals surface area contributed by atoms with Crippen LogP contribution in [0.3, 0.4) is 0 Å². The van der Waals surface area contributed by atoms with E-state index < -0.39 is 17.5 Å². The third-order valence-corrected chi connectivity index (χ3v) is 3.07. The van der Waals surface area contributed by atoms with Gasteiger partial charge in [-0.2, -0.15) is 0 Å². The number of rotatable bonds is 6. The van der Waals surface area contributed by atoms with E-state index in [0.717, 1.165) is 12.5 Å². The summed E-state index contributed by atoms with van der Waals surface area (Å²) in [6.07, 6.45) is 1.35. The Hall–Kier alpha value is -1.69. The van der Waals surface area contributed by atoms with Crippen LogP contribution in [-0.2, 0) is 0 Å². The second kappa shape index (κ2) is 6.65. The predicted molar refractivity (Wildman–Crippen MR) is 73.2 cm³/mol. The fraction of sp³-hybridized carbons (Fsp3) is 0.500. The van der Waals surface area contributed by atoms with Gasteiger partial charge in [0.2, 0.25) is 0 Å². The number of aliphatic hydroxyl groups excluding tert-OH is 1. The summed E-state index contributed by atoms with van der Waals surface area (Å²) >= 11 is 0. The molecule has 0 bridgehead atoms. The Morgan fingerprint density at radius 2 is 2.00 bits per heavy atom. The SMILES string of the molecule is CC(C)(CCCO)CNC(=O)c1cc(N)c(F)cc1F.